The molecule has 0 bridgehead atoms. The Morgan fingerprint density at radius 1 is 1.24 bits per heavy atom. The van der Waals surface area contributed by atoms with E-state index in [1.165, 1.54) is 25.0 Å². The molecular formula is C17H24F2N2. The number of benzene rings is 1. The summed E-state index contributed by atoms with van der Waals surface area (Å²) in [5.74, 6) is -2.79. The monoisotopic (exact) mass is 294 g/mol. The zero-order valence-electron chi connectivity index (χ0n) is 12.6. The Labute approximate surface area is 125 Å². The Kier molecular flexibility index (Phi) is 4.02. The van der Waals surface area contributed by atoms with Crippen LogP contribution in [0.5, 0.6) is 0 Å². The SMILES string of the molecule is CC1CNC2(CCCC2)CN1CC(F)(F)c1ccccc1. The molecule has 1 aromatic rings. The summed E-state index contributed by atoms with van der Waals surface area (Å²) < 4.78 is 29.1. The fraction of sp³-hybridized carbons (Fsp3) is 0.647. The molecule has 1 heterocycles. The molecule has 1 spiro atoms. The molecule has 1 aliphatic carbocycles. The van der Waals surface area contributed by atoms with E-state index in [4.69, 9.17) is 0 Å². The van der Waals surface area contributed by atoms with Gasteiger partial charge in [0.05, 0.1) is 6.54 Å². The zero-order chi connectivity index (χ0) is 14.9. The van der Waals surface area contributed by atoms with E-state index in [2.05, 4.69) is 5.32 Å². The van der Waals surface area contributed by atoms with E-state index in [9.17, 15) is 8.78 Å². The lowest BCUT2D eigenvalue weighted by Crippen LogP contribution is -2.63. The standard InChI is InChI=1S/C17H24F2N2/c1-14-11-20-16(9-5-6-10-16)12-21(14)13-17(18,19)15-7-3-2-4-8-15/h2-4,7-8,14,20H,5-6,9-13H2,1H3. The second-order valence-corrected chi connectivity index (χ2v) is 6.69. The van der Waals surface area contributed by atoms with Crippen molar-refractivity contribution in [1.82, 2.24) is 10.2 Å². The number of hydrogen-bond donors (Lipinski definition) is 1. The molecule has 1 aliphatic heterocycles. The second kappa shape index (κ2) is 5.65. The summed E-state index contributed by atoms with van der Waals surface area (Å²) in [7, 11) is 0. The molecule has 0 radical (unpaired) electrons. The van der Waals surface area contributed by atoms with E-state index in [1.807, 2.05) is 11.8 Å². The van der Waals surface area contributed by atoms with E-state index in [1.54, 1.807) is 18.2 Å². The van der Waals surface area contributed by atoms with Gasteiger partial charge in [-0.1, -0.05) is 43.2 Å². The van der Waals surface area contributed by atoms with Gasteiger partial charge in [0.15, 0.2) is 0 Å². The van der Waals surface area contributed by atoms with Crippen LogP contribution in [0.15, 0.2) is 30.3 Å². The first-order chi connectivity index (χ1) is 10.0. The van der Waals surface area contributed by atoms with E-state index < -0.39 is 5.92 Å². The Balaban J connectivity index is 1.73. The topological polar surface area (TPSA) is 15.3 Å². The van der Waals surface area contributed by atoms with Crippen LogP contribution in [-0.4, -0.2) is 36.1 Å². The molecular weight excluding hydrogens is 270 g/mol. The number of rotatable bonds is 3. The molecule has 1 N–H and O–H groups in total. The smallest absolute Gasteiger partial charge is 0.285 e. The maximum atomic E-state index is 14.5. The van der Waals surface area contributed by atoms with Crippen molar-refractivity contribution in [2.75, 3.05) is 19.6 Å². The molecule has 3 rings (SSSR count). The number of hydrogen-bond acceptors (Lipinski definition) is 2. The number of halogens is 2. The summed E-state index contributed by atoms with van der Waals surface area (Å²) >= 11 is 0. The van der Waals surface area contributed by atoms with Crippen molar-refractivity contribution in [3.8, 4) is 0 Å². The third kappa shape index (κ3) is 3.11. The summed E-state index contributed by atoms with van der Waals surface area (Å²) in [5, 5.41) is 3.61. The van der Waals surface area contributed by atoms with Gasteiger partial charge in [0, 0.05) is 30.2 Å². The highest BCUT2D eigenvalue weighted by Gasteiger charge is 2.43. The molecule has 0 aromatic heterocycles. The fourth-order valence-corrected chi connectivity index (χ4v) is 3.72. The van der Waals surface area contributed by atoms with Gasteiger partial charge in [0.1, 0.15) is 0 Å². The van der Waals surface area contributed by atoms with Crippen LogP contribution in [-0.2, 0) is 5.92 Å². The minimum atomic E-state index is -2.79. The van der Waals surface area contributed by atoms with Crippen LogP contribution in [0, 0.1) is 0 Å². The molecule has 0 amide bonds. The predicted molar refractivity (Wildman–Crippen MR) is 80.6 cm³/mol. The predicted octanol–water partition coefficient (Wildman–Crippen LogP) is 3.38. The molecule has 1 saturated heterocycles. The number of nitrogens with zero attached hydrogens (tertiary/aromatic N) is 1. The lowest BCUT2D eigenvalue weighted by atomic mass is 9.92. The van der Waals surface area contributed by atoms with E-state index >= 15 is 0 Å². The van der Waals surface area contributed by atoms with Crippen molar-refractivity contribution >= 4 is 0 Å². The second-order valence-electron chi connectivity index (χ2n) is 6.69. The van der Waals surface area contributed by atoms with Gasteiger partial charge in [0.25, 0.3) is 5.92 Å². The van der Waals surface area contributed by atoms with E-state index in [0.717, 1.165) is 25.9 Å². The quantitative estimate of drug-likeness (QED) is 0.919. The largest absolute Gasteiger partial charge is 0.308 e. The minimum Gasteiger partial charge on any atom is -0.308 e. The van der Waals surface area contributed by atoms with Crippen molar-refractivity contribution in [2.24, 2.45) is 0 Å². The highest BCUT2D eigenvalue weighted by atomic mass is 19.3. The van der Waals surface area contributed by atoms with Crippen LogP contribution < -0.4 is 5.32 Å². The average molecular weight is 294 g/mol. The van der Waals surface area contributed by atoms with Crippen LogP contribution in [0.2, 0.25) is 0 Å². The average Bonchev–Trinajstić information content (AvgIpc) is 2.92. The van der Waals surface area contributed by atoms with Crippen LogP contribution in [0.25, 0.3) is 0 Å². The fourth-order valence-electron chi connectivity index (χ4n) is 3.72. The lowest BCUT2D eigenvalue weighted by Gasteiger charge is -2.46. The van der Waals surface area contributed by atoms with Gasteiger partial charge < -0.3 is 5.32 Å². The normalized spacial score (nSPS) is 26.3. The van der Waals surface area contributed by atoms with Crippen LogP contribution >= 0.6 is 0 Å². The Hall–Kier alpha value is -1.00. The van der Waals surface area contributed by atoms with Crippen molar-refractivity contribution in [2.45, 2.75) is 50.1 Å². The Bertz CT molecular complexity index is 469. The Morgan fingerprint density at radius 2 is 1.90 bits per heavy atom. The molecule has 1 saturated carbocycles. The molecule has 1 aromatic carbocycles. The third-order valence-corrected chi connectivity index (χ3v) is 5.06. The third-order valence-electron chi connectivity index (χ3n) is 5.06. The van der Waals surface area contributed by atoms with Crippen molar-refractivity contribution in [3.63, 3.8) is 0 Å². The van der Waals surface area contributed by atoms with E-state index in [-0.39, 0.29) is 23.7 Å². The molecule has 2 fully saturated rings. The van der Waals surface area contributed by atoms with E-state index in [0.29, 0.717) is 0 Å². The first-order valence-electron chi connectivity index (χ1n) is 7.93. The molecule has 2 nitrogen and oxygen atoms in total. The van der Waals surface area contributed by atoms with Crippen LogP contribution in [0.1, 0.15) is 38.2 Å². The zero-order valence-corrected chi connectivity index (χ0v) is 12.6. The minimum absolute atomic E-state index is 0.0826. The first-order valence-corrected chi connectivity index (χ1v) is 7.93. The maximum absolute atomic E-state index is 14.5. The van der Waals surface area contributed by atoms with Crippen LogP contribution in [0.4, 0.5) is 8.78 Å². The summed E-state index contributed by atoms with van der Waals surface area (Å²) in [6.07, 6.45) is 4.66. The summed E-state index contributed by atoms with van der Waals surface area (Å²) in [4.78, 5) is 1.98. The summed E-state index contributed by atoms with van der Waals surface area (Å²) in [5.41, 5.74) is 0.204. The summed E-state index contributed by atoms with van der Waals surface area (Å²) in [6.45, 7) is 3.42. The molecule has 21 heavy (non-hydrogen) atoms. The number of nitrogens with one attached hydrogen (secondary N) is 1. The number of alkyl halides is 2. The highest BCUT2D eigenvalue weighted by molar-refractivity contribution is 5.20. The van der Waals surface area contributed by atoms with Crippen LogP contribution in [0.3, 0.4) is 0 Å². The van der Waals surface area contributed by atoms with Gasteiger partial charge in [-0.2, -0.15) is 8.78 Å². The van der Waals surface area contributed by atoms with Gasteiger partial charge in [0.2, 0.25) is 0 Å². The van der Waals surface area contributed by atoms with Gasteiger partial charge in [-0.05, 0) is 19.8 Å². The highest BCUT2D eigenvalue weighted by Crippen LogP contribution is 2.36. The van der Waals surface area contributed by atoms with Crippen molar-refractivity contribution in [3.05, 3.63) is 35.9 Å². The van der Waals surface area contributed by atoms with Gasteiger partial charge in [-0.3, -0.25) is 4.90 Å². The maximum Gasteiger partial charge on any atom is 0.285 e. The lowest BCUT2D eigenvalue weighted by molar-refractivity contribution is -0.0615. The van der Waals surface area contributed by atoms with Crippen molar-refractivity contribution in [1.29, 1.82) is 0 Å². The molecule has 4 heteroatoms. The number of piperazine rings is 1. The molecule has 2 aliphatic rings. The molecule has 1 unspecified atom stereocenters. The van der Waals surface area contributed by atoms with Crippen molar-refractivity contribution < 1.29 is 8.78 Å². The molecule has 1 atom stereocenters. The molecule has 116 valence electrons. The van der Waals surface area contributed by atoms with Gasteiger partial charge in [-0.15, -0.1) is 0 Å². The first kappa shape index (κ1) is 14.9. The van der Waals surface area contributed by atoms with Gasteiger partial charge in [-0.25, -0.2) is 0 Å². The van der Waals surface area contributed by atoms with Gasteiger partial charge >= 0.3 is 0 Å². The Morgan fingerprint density at radius 3 is 2.57 bits per heavy atom. The summed E-state index contributed by atoms with van der Waals surface area (Å²) in [6, 6.07) is 8.36.